The third-order valence-electron chi connectivity index (χ3n) is 2.82. The molecule has 0 saturated carbocycles. The number of halogens is 3. The Hall–Kier alpha value is -0.640. The molecule has 2 nitrogen and oxygen atoms in total. The smallest absolute Gasteiger partial charge is 0.162 e. The van der Waals surface area contributed by atoms with Crippen LogP contribution in [0, 0.1) is 6.92 Å². The zero-order valence-electron chi connectivity index (χ0n) is 10.7. The van der Waals surface area contributed by atoms with E-state index in [2.05, 4.69) is 32.8 Å². The molecular formula is C14H13BrCl2N2. The molecule has 0 amide bonds. The van der Waals surface area contributed by atoms with Crippen LogP contribution < -0.4 is 0 Å². The number of hydrogen-bond acceptors (Lipinski definition) is 2. The standard InChI is InChI=1S/C14H13BrCl2N2/c1-3-4-10-12(16)18-14(19-13(10)17)9-5-6-11(15)8(2)7-9/h5-7H,3-4H2,1-2H3. The maximum atomic E-state index is 6.19. The van der Waals surface area contributed by atoms with Crippen LogP contribution in [0.4, 0.5) is 0 Å². The second-order valence-corrected chi connectivity index (χ2v) is 5.89. The molecule has 1 heterocycles. The Bertz CT molecular complexity index is 591. The minimum Gasteiger partial charge on any atom is -0.216 e. The van der Waals surface area contributed by atoms with Crippen LogP contribution in [0.5, 0.6) is 0 Å². The molecule has 1 aromatic heterocycles. The molecule has 2 rings (SSSR count). The van der Waals surface area contributed by atoms with Crippen LogP contribution in [-0.4, -0.2) is 9.97 Å². The minimum atomic E-state index is 0.442. The molecule has 5 heteroatoms. The fourth-order valence-corrected chi connectivity index (χ4v) is 2.62. The fraction of sp³-hybridized carbons (Fsp3) is 0.286. The molecule has 0 spiro atoms. The summed E-state index contributed by atoms with van der Waals surface area (Å²) in [5.41, 5.74) is 2.85. The summed E-state index contributed by atoms with van der Waals surface area (Å²) >= 11 is 15.8. The van der Waals surface area contributed by atoms with Crippen molar-refractivity contribution in [1.29, 1.82) is 0 Å². The van der Waals surface area contributed by atoms with Gasteiger partial charge in [0.25, 0.3) is 0 Å². The normalized spacial score (nSPS) is 10.8. The highest BCUT2D eigenvalue weighted by Gasteiger charge is 2.12. The lowest BCUT2D eigenvalue weighted by molar-refractivity contribution is 0.903. The number of nitrogens with zero attached hydrogens (tertiary/aromatic N) is 2. The van der Waals surface area contributed by atoms with Gasteiger partial charge in [0.1, 0.15) is 10.3 Å². The minimum absolute atomic E-state index is 0.442. The van der Waals surface area contributed by atoms with E-state index in [0.29, 0.717) is 16.1 Å². The molecule has 0 atom stereocenters. The Labute approximate surface area is 131 Å². The molecule has 0 radical (unpaired) electrons. The maximum Gasteiger partial charge on any atom is 0.162 e. The van der Waals surface area contributed by atoms with Gasteiger partial charge in [-0.3, -0.25) is 0 Å². The van der Waals surface area contributed by atoms with Gasteiger partial charge in [0, 0.05) is 15.6 Å². The van der Waals surface area contributed by atoms with Crippen molar-refractivity contribution in [3.63, 3.8) is 0 Å². The average Bonchev–Trinajstić information content (AvgIpc) is 2.37. The van der Waals surface area contributed by atoms with Gasteiger partial charge in [-0.1, -0.05) is 58.5 Å². The van der Waals surface area contributed by atoms with Crippen LogP contribution in [0.2, 0.25) is 10.3 Å². The van der Waals surface area contributed by atoms with E-state index in [9.17, 15) is 0 Å². The molecule has 0 bridgehead atoms. The van der Waals surface area contributed by atoms with E-state index in [1.165, 1.54) is 0 Å². The van der Waals surface area contributed by atoms with Crippen molar-refractivity contribution in [1.82, 2.24) is 9.97 Å². The van der Waals surface area contributed by atoms with Crippen LogP contribution in [0.15, 0.2) is 22.7 Å². The summed E-state index contributed by atoms with van der Waals surface area (Å²) in [6.45, 7) is 4.08. The molecule has 0 N–H and O–H groups in total. The third kappa shape index (κ3) is 3.28. The van der Waals surface area contributed by atoms with Crippen molar-refractivity contribution in [2.75, 3.05) is 0 Å². The van der Waals surface area contributed by atoms with Crippen molar-refractivity contribution in [3.8, 4) is 11.4 Å². The van der Waals surface area contributed by atoms with Crippen LogP contribution in [0.25, 0.3) is 11.4 Å². The first-order valence-corrected chi connectivity index (χ1v) is 7.56. The summed E-state index contributed by atoms with van der Waals surface area (Å²) in [4.78, 5) is 8.70. The van der Waals surface area contributed by atoms with Crippen molar-refractivity contribution in [3.05, 3.63) is 44.1 Å². The van der Waals surface area contributed by atoms with Gasteiger partial charge in [-0.05, 0) is 31.0 Å². The predicted molar refractivity (Wildman–Crippen MR) is 83.9 cm³/mol. The third-order valence-corrected chi connectivity index (χ3v) is 4.34. The van der Waals surface area contributed by atoms with Gasteiger partial charge < -0.3 is 0 Å². The first-order chi connectivity index (χ1) is 9.02. The number of aromatic nitrogens is 2. The van der Waals surface area contributed by atoms with E-state index < -0.39 is 0 Å². The highest BCUT2D eigenvalue weighted by atomic mass is 79.9. The molecule has 19 heavy (non-hydrogen) atoms. The fourth-order valence-electron chi connectivity index (χ4n) is 1.80. The largest absolute Gasteiger partial charge is 0.216 e. The molecule has 2 aromatic rings. The Kier molecular flexibility index (Phi) is 4.82. The maximum absolute atomic E-state index is 6.19. The van der Waals surface area contributed by atoms with Gasteiger partial charge in [-0.15, -0.1) is 0 Å². The molecule has 0 unspecified atom stereocenters. The van der Waals surface area contributed by atoms with Crippen LogP contribution in [0.1, 0.15) is 24.5 Å². The van der Waals surface area contributed by atoms with Crippen LogP contribution >= 0.6 is 39.1 Å². The van der Waals surface area contributed by atoms with Gasteiger partial charge in [0.05, 0.1) is 0 Å². The Morgan fingerprint density at radius 1 is 1.16 bits per heavy atom. The Balaban J connectivity index is 2.48. The number of hydrogen-bond donors (Lipinski definition) is 0. The van der Waals surface area contributed by atoms with Gasteiger partial charge in [-0.2, -0.15) is 0 Å². The zero-order chi connectivity index (χ0) is 14.0. The number of aryl methyl sites for hydroxylation is 1. The van der Waals surface area contributed by atoms with Gasteiger partial charge in [-0.25, -0.2) is 9.97 Å². The van der Waals surface area contributed by atoms with E-state index in [0.717, 1.165) is 34.0 Å². The Morgan fingerprint density at radius 3 is 2.32 bits per heavy atom. The SMILES string of the molecule is CCCc1c(Cl)nc(-c2ccc(Br)c(C)c2)nc1Cl. The molecular weight excluding hydrogens is 347 g/mol. The summed E-state index contributed by atoms with van der Waals surface area (Å²) in [7, 11) is 0. The summed E-state index contributed by atoms with van der Waals surface area (Å²) in [5, 5.41) is 0.884. The molecule has 0 aliphatic heterocycles. The highest BCUT2D eigenvalue weighted by molar-refractivity contribution is 9.10. The predicted octanol–water partition coefficient (Wildman–Crippen LogP) is 5.47. The van der Waals surface area contributed by atoms with Gasteiger partial charge in [0.15, 0.2) is 5.82 Å². The zero-order valence-corrected chi connectivity index (χ0v) is 13.8. The van der Waals surface area contributed by atoms with Crippen molar-refractivity contribution in [2.24, 2.45) is 0 Å². The molecule has 0 aliphatic carbocycles. The average molecular weight is 360 g/mol. The summed E-state index contributed by atoms with van der Waals surface area (Å²) in [6.07, 6.45) is 1.75. The van der Waals surface area contributed by atoms with Crippen molar-refractivity contribution >= 4 is 39.1 Å². The lowest BCUT2D eigenvalue weighted by atomic mass is 10.1. The lowest BCUT2D eigenvalue weighted by Gasteiger charge is -2.08. The molecule has 1 aromatic carbocycles. The lowest BCUT2D eigenvalue weighted by Crippen LogP contribution is -1.97. The number of rotatable bonds is 3. The van der Waals surface area contributed by atoms with Gasteiger partial charge in [0.2, 0.25) is 0 Å². The molecule has 0 fully saturated rings. The first-order valence-electron chi connectivity index (χ1n) is 6.01. The molecule has 0 aliphatic rings. The molecule has 0 saturated heterocycles. The van der Waals surface area contributed by atoms with Crippen molar-refractivity contribution in [2.45, 2.75) is 26.7 Å². The summed E-state index contributed by atoms with van der Waals surface area (Å²) in [5.74, 6) is 0.561. The first kappa shape index (κ1) is 14.8. The highest BCUT2D eigenvalue weighted by Crippen LogP contribution is 2.28. The van der Waals surface area contributed by atoms with Gasteiger partial charge >= 0.3 is 0 Å². The summed E-state index contributed by atoms with van der Waals surface area (Å²) in [6, 6.07) is 5.92. The second-order valence-electron chi connectivity index (χ2n) is 4.32. The van der Waals surface area contributed by atoms with E-state index in [1.807, 2.05) is 25.1 Å². The Morgan fingerprint density at radius 2 is 1.79 bits per heavy atom. The van der Waals surface area contributed by atoms with E-state index >= 15 is 0 Å². The summed E-state index contributed by atoms with van der Waals surface area (Å²) < 4.78 is 1.05. The van der Waals surface area contributed by atoms with E-state index in [4.69, 9.17) is 23.2 Å². The second kappa shape index (κ2) is 6.21. The topological polar surface area (TPSA) is 25.8 Å². The molecule has 100 valence electrons. The van der Waals surface area contributed by atoms with Crippen LogP contribution in [-0.2, 0) is 6.42 Å². The monoisotopic (exact) mass is 358 g/mol. The van der Waals surface area contributed by atoms with Crippen molar-refractivity contribution < 1.29 is 0 Å². The van der Waals surface area contributed by atoms with Crippen LogP contribution in [0.3, 0.4) is 0 Å². The quantitative estimate of drug-likeness (QED) is 0.678. The van der Waals surface area contributed by atoms with E-state index in [-0.39, 0.29) is 0 Å². The number of benzene rings is 1. The van der Waals surface area contributed by atoms with E-state index in [1.54, 1.807) is 0 Å².